The fraction of sp³-hybridized carbons (Fsp3) is 0.524. The van der Waals surface area contributed by atoms with Gasteiger partial charge in [-0.15, -0.1) is 0 Å². The first-order valence-corrected chi connectivity index (χ1v) is 9.43. The summed E-state index contributed by atoms with van der Waals surface area (Å²) in [6.45, 7) is 0.133. The van der Waals surface area contributed by atoms with E-state index < -0.39 is 0 Å². The lowest BCUT2D eigenvalue weighted by atomic mass is 9.52. The third-order valence-corrected chi connectivity index (χ3v) is 6.45. The topological polar surface area (TPSA) is 52.3 Å². The molecule has 0 unspecified atom stereocenters. The molecule has 0 atom stereocenters. The zero-order chi connectivity index (χ0) is 16.8. The molecule has 0 saturated heterocycles. The van der Waals surface area contributed by atoms with Gasteiger partial charge >= 0.3 is 5.97 Å². The van der Waals surface area contributed by atoms with E-state index in [-0.39, 0.29) is 18.5 Å². The molecule has 4 aliphatic carbocycles. The van der Waals surface area contributed by atoms with Crippen LogP contribution in [0, 0.1) is 29.6 Å². The SMILES string of the molecule is O=C(OCc1ncc(-c2ccccc2)o1)C1C2CC3CC(C2)CC1C3. The molecule has 1 aromatic heterocycles. The number of hydrogen-bond donors (Lipinski definition) is 0. The number of carbonyl (C=O) groups excluding carboxylic acids is 1. The average Bonchev–Trinajstić information content (AvgIpc) is 3.09. The predicted molar refractivity (Wildman–Crippen MR) is 92.3 cm³/mol. The number of rotatable bonds is 4. The molecule has 6 rings (SSSR count). The third-order valence-electron chi connectivity index (χ3n) is 6.45. The van der Waals surface area contributed by atoms with Crippen molar-refractivity contribution >= 4 is 5.97 Å². The van der Waals surface area contributed by atoms with Gasteiger partial charge in [-0.3, -0.25) is 4.79 Å². The summed E-state index contributed by atoms with van der Waals surface area (Å²) in [5, 5.41) is 0. The average molecular weight is 337 g/mol. The first kappa shape index (κ1) is 15.2. The minimum absolute atomic E-state index is 0.0340. The standard InChI is InChI=1S/C21H23NO3/c23-21(20-16-7-13-6-14(9-16)10-17(20)8-13)24-12-19-22-11-18(25-19)15-4-2-1-3-5-15/h1-5,11,13-14,16-17,20H,6-10,12H2. The Balaban J connectivity index is 1.23. The van der Waals surface area contributed by atoms with E-state index in [1.54, 1.807) is 6.20 Å². The van der Waals surface area contributed by atoms with Crippen LogP contribution < -0.4 is 0 Å². The van der Waals surface area contributed by atoms with E-state index in [1.807, 2.05) is 30.3 Å². The third kappa shape index (κ3) is 2.78. The van der Waals surface area contributed by atoms with Gasteiger partial charge in [0.2, 0.25) is 5.89 Å². The Morgan fingerprint density at radius 3 is 2.40 bits per heavy atom. The Kier molecular flexibility index (Phi) is 3.65. The van der Waals surface area contributed by atoms with Crippen LogP contribution >= 0.6 is 0 Å². The van der Waals surface area contributed by atoms with Crippen molar-refractivity contribution in [1.29, 1.82) is 0 Å². The minimum atomic E-state index is -0.0340. The fourth-order valence-corrected chi connectivity index (χ4v) is 5.65. The molecule has 4 nitrogen and oxygen atoms in total. The Labute approximate surface area is 147 Å². The van der Waals surface area contributed by atoms with E-state index in [0.717, 1.165) is 17.4 Å². The maximum atomic E-state index is 12.7. The van der Waals surface area contributed by atoms with Crippen LogP contribution in [0.2, 0.25) is 0 Å². The Hall–Kier alpha value is -2.10. The number of esters is 1. The molecular weight excluding hydrogens is 314 g/mol. The number of oxazole rings is 1. The summed E-state index contributed by atoms with van der Waals surface area (Å²) in [4.78, 5) is 16.9. The molecule has 4 bridgehead atoms. The highest BCUT2D eigenvalue weighted by atomic mass is 16.5. The zero-order valence-electron chi connectivity index (χ0n) is 14.3. The van der Waals surface area contributed by atoms with E-state index in [9.17, 15) is 4.79 Å². The molecule has 0 aliphatic heterocycles. The van der Waals surface area contributed by atoms with E-state index in [0.29, 0.717) is 23.5 Å². The summed E-state index contributed by atoms with van der Waals surface area (Å²) in [5.41, 5.74) is 0.980. The van der Waals surface area contributed by atoms with Crippen molar-refractivity contribution in [3.05, 3.63) is 42.4 Å². The van der Waals surface area contributed by atoms with Gasteiger partial charge in [0.1, 0.15) is 0 Å². The van der Waals surface area contributed by atoms with E-state index >= 15 is 0 Å². The molecule has 4 saturated carbocycles. The molecule has 4 fully saturated rings. The Bertz CT molecular complexity index is 738. The first-order valence-electron chi connectivity index (χ1n) is 9.43. The highest BCUT2D eigenvalue weighted by molar-refractivity contribution is 5.73. The lowest BCUT2D eigenvalue weighted by molar-refractivity contribution is -0.164. The molecule has 1 aromatic carbocycles. The van der Waals surface area contributed by atoms with Crippen LogP contribution in [0.5, 0.6) is 0 Å². The number of ether oxygens (including phenoxy) is 1. The maximum Gasteiger partial charge on any atom is 0.310 e. The van der Waals surface area contributed by atoms with E-state index in [4.69, 9.17) is 9.15 Å². The molecule has 130 valence electrons. The molecule has 0 N–H and O–H groups in total. The van der Waals surface area contributed by atoms with Gasteiger partial charge in [-0.25, -0.2) is 4.98 Å². The van der Waals surface area contributed by atoms with Crippen LogP contribution in [0.3, 0.4) is 0 Å². The molecule has 2 aromatic rings. The van der Waals surface area contributed by atoms with Gasteiger partial charge < -0.3 is 9.15 Å². The van der Waals surface area contributed by atoms with Crippen molar-refractivity contribution in [1.82, 2.24) is 4.98 Å². The van der Waals surface area contributed by atoms with Gasteiger partial charge in [-0.05, 0) is 55.8 Å². The largest absolute Gasteiger partial charge is 0.455 e. The summed E-state index contributed by atoms with van der Waals surface area (Å²) in [6.07, 6.45) is 8.00. The second kappa shape index (κ2) is 6.01. The van der Waals surface area contributed by atoms with Crippen LogP contribution in [0.4, 0.5) is 0 Å². The van der Waals surface area contributed by atoms with Gasteiger partial charge in [-0.1, -0.05) is 30.3 Å². The molecule has 4 aliphatic rings. The quantitative estimate of drug-likeness (QED) is 0.773. The van der Waals surface area contributed by atoms with Crippen molar-refractivity contribution in [2.45, 2.75) is 38.7 Å². The predicted octanol–water partition coefficient (Wildman–Crippen LogP) is 4.46. The van der Waals surface area contributed by atoms with Crippen LogP contribution in [-0.2, 0) is 16.1 Å². The normalized spacial score (nSPS) is 32.7. The van der Waals surface area contributed by atoms with Crippen molar-refractivity contribution in [3.8, 4) is 11.3 Å². The zero-order valence-corrected chi connectivity index (χ0v) is 14.3. The van der Waals surface area contributed by atoms with Crippen LogP contribution in [0.15, 0.2) is 40.9 Å². The summed E-state index contributed by atoms with van der Waals surface area (Å²) in [6, 6.07) is 9.84. The summed E-state index contributed by atoms with van der Waals surface area (Å²) in [7, 11) is 0. The molecule has 0 spiro atoms. The highest BCUT2D eigenvalue weighted by Gasteiger charge is 2.51. The molecule has 25 heavy (non-hydrogen) atoms. The number of hydrogen-bond acceptors (Lipinski definition) is 4. The van der Waals surface area contributed by atoms with Gasteiger partial charge in [-0.2, -0.15) is 0 Å². The summed E-state index contributed by atoms with van der Waals surface area (Å²) in [5.74, 6) is 4.08. The van der Waals surface area contributed by atoms with Gasteiger partial charge in [0.15, 0.2) is 12.4 Å². The monoisotopic (exact) mass is 337 g/mol. The summed E-state index contributed by atoms with van der Waals surface area (Å²) >= 11 is 0. The van der Waals surface area contributed by atoms with Gasteiger partial charge in [0, 0.05) is 5.56 Å². The fourth-order valence-electron chi connectivity index (χ4n) is 5.65. The lowest BCUT2D eigenvalue weighted by Gasteiger charge is -2.53. The second-order valence-electron chi connectivity index (χ2n) is 8.05. The van der Waals surface area contributed by atoms with E-state index in [1.165, 1.54) is 32.1 Å². The number of benzene rings is 1. The smallest absolute Gasteiger partial charge is 0.310 e. The maximum absolute atomic E-state index is 12.7. The van der Waals surface area contributed by atoms with Crippen LogP contribution in [0.1, 0.15) is 38.0 Å². The van der Waals surface area contributed by atoms with E-state index in [2.05, 4.69) is 4.98 Å². The van der Waals surface area contributed by atoms with Crippen molar-refractivity contribution in [3.63, 3.8) is 0 Å². The van der Waals surface area contributed by atoms with Crippen molar-refractivity contribution in [2.75, 3.05) is 0 Å². The first-order chi connectivity index (χ1) is 12.3. The molecule has 0 amide bonds. The highest BCUT2D eigenvalue weighted by Crippen LogP contribution is 2.56. The number of nitrogens with zero attached hydrogens (tertiary/aromatic N) is 1. The number of aromatic nitrogens is 1. The molecule has 1 heterocycles. The van der Waals surface area contributed by atoms with Crippen LogP contribution in [-0.4, -0.2) is 11.0 Å². The van der Waals surface area contributed by atoms with Crippen molar-refractivity contribution in [2.24, 2.45) is 29.6 Å². The number of carbonyl (C=O) groups is 1. The lowest BCUT2D eigenvalue weighted by Crippen LogP contribution is -2.48. The second-order valence-corrected chi connectivity index (χ2v) is 8.05. The van der Waals surface area contributed by atoms with Crippen molar-refractivity contribution < 1.29 is 13.9 Å². The minimum Gasteiger partial charge on any atom is -0.455 e. The molecule has 0 radical (unpaired) electrons. The van der Waals surface area contributed by atoms with Gasteiger partial charge in [0.05, 0.1) is 12.1 Å². The van der Waals surface area contributed by atoms with Crippen LogP contribution in [0.25, 0.3) is 11.3 Å². The summed E-state index contributed by atoms with van der Waals surface area (Å²) < 4.78 is 11.3. The molecular formula is C21H23NO3. The van der Waals surface area contributed by atoms with Gasteiger partial charge in [0.25, 0.3) is 0 Å². The Morgan fingerprint density at radius 2 is 1.72 bits per heavy atom. The Morgan fingerprint density at radius 1 is 1.04 bits per heavy atom. The molecule has 4 heteroatoms.